The lowest BCUT2D eigenvalue weighted by molar-refractivity contribution is -0.121. The molecule has 0 aromatic rings. The Bertz CT molecular complexity index is 430. The summed E-state index contributed by atoms with van der Waals surface area (Å²) in [6.07, 6.45) is 2.89. The average molecular weight is 352 g/mol. The molecule has 0 aromatic carbocycles. The van der Waals surface area contributed by atoms with E-state index < -0.39 is 7.82 Å². The van der Waals surface area contributed by atoms with Crippen molar-refractivity contribution >= 4 is 13.7 Å². The summed E-state index contributed by atoms with van der Waals surface area (Å²) in [5.41, 5.74) is 8.09. The van der Waals surface area contributed by atoms with Gasteiger partial charge < -0.3 is 15.3 Å². The van der Waals surface area contributed by atoms with Crippen LogP contribution in [0.2, 0.25) is 0 Å². The number of aliphatic hydroxyl groups is 1. The number of aliphatic hydroxyl groups excluding tert-OH is 1. The quantitative estimate of drug-likeness (QED) is 0.142. The average Bonchev–Trinajstić information content (AvgIpc) is 2.54. The van der Waals surface area contributed by atoms with E-state index in [4.69, 9.17) is 14.9 Å². The van der Waals surface area contributed by atoms with Crippen molar-refractivity contribution < 1.29 is 28.4 Å². The molecular formula is C12H25N4O6P. The minimum Gasteiger partial charge on any atom is -0.396 e. The fourth-order valence-corrected chi connectivity index (χ4v) is 2.21. The van der Waals surface area contributed by atoms with E-state index >= 15 is 0 Å². The summed E-state index contributed by atoms with van der Waals surface area (Å²) >= 11 is 0. The van der Waals surface area contributed by atoms with Crippen LogP contribution in [0.3, 0.4) is 0 Å². The van der Waals surface area contributed by atoms with E-state index in [9.17, 15) is 14.5 Å². The number of phosphoric acid groups is 1. The van der Waals surface area contributed by atoms with Gasteiger partial charge >= 0.3 is 7.82 Å². The number of rotatable bonds is 14. The van der Waals surface area contributed by atoms with E-state index in [2.05, 4.69) is 19.9 Å². The Morgan fingerprint density at radius 1 is 1.43 bits per heavy atom. The molecule has 0 aromatic heterocycles. The summed E-state index contributed by atoms with van der Waals surface area (Å²) in [6.45, 7) is 0.591. The van der Waals surface area contributed by atoms with Gasteiger partial charge in [-0.25, -0.2) is 4.57 Å². The number of carbonyl (C=O) groups is 1. The molecule has 0 heterocycles. The molecule has 2 unspecified atom stereocenters. The highest BCUT2D eigenvalue weighted by atomic mass is 31.2. The predicted octanol–water partition coefficient (Wildman–Crippen LogP) is 1.74. The fraction of sp³-hybridized carbons (Fsp3) is 0.917. The standard InChI is InChI=1S/C12H25N4O6P/c1-21-23(19,20)22-10-11(9-17)5-2-3-7-14-12(18)6-4-8-15-16-13/h11,17H,2-10H2,1H3,(H,14,18)(H,19,20). The third-order valence-corrected chi connectivity index (χ3v) is 3.99. The van der Waals surface area contributed by atoms with Crippen LogP contribution in [-0.4, -0.2) is 49.3 Å². The monoisotopic (exact) mass is 352 g/mol. The van der Waals surface area contributed by atoms with E-state index in [1.165, 1.54) is 0 Å². The molecule has 0 bridgehead atoms. The van der Waals surface area contributed by atoms with E-state index in [1.54, 1.807) is 0 Å². The second kappa shape index (κ2) is 13.3. The number of hydrogen-bond donors (Lipinski definition) is 3. The topological polar surface area (TPSA) is 154 Å². The third kappa shape index (κ3) is 13.0. The highest BCUT2D eigenvalue weighted by Crippen LogP contribution is 2.42. The SMILES string of the molecule is COP(=O)(O)OCC(CO)CCCCNC(=O)CCCN=[N+]=[N-]. The summed E-state index contributed by atoms with van der Waals surface area (Å²) in [5.74, 6) is -0.355. The lowest BCUT2D eigenvalue weighted by atomic mass is 10.0. The van der Waals surface area contributed by atoms with Crippen LogP contribution in [0.25, 0.3) is 10.4 Å². The number of unbranched alkanes of at least 4 members (excludes halogenated alkanes) is 1. The van der Waals surface area contributed by atoms with E-state index in [0.29, 0.717) is 32.4 Å². The second-order valence-electron chi connectivity index (χ2n) is 4.90. The van der Waals surface area contributed by atoms with Gasteiger partial charge in [0.1, 0.15) is 0 Å². The molecule has 0 fully saturated rings. The van der Waals surface area contributed by atoms with Gasteiger partial charge in [0.15, 0.2) is 0 Å². The maximum atomic E-state index is 11.4. The number of nitrogens with zero attached hydrogens (tertiary/aromatic N) is 3. The minimum atomic E-state index is -4.01. The smallest absolute Gasteiger partial charge is 0.396 e. The molecule has 1 amide bonds. The van der Waals surface area contributed by atoms with Gasteiger partial charge in [0.05, 0.1) is 6.61 Å². The second-order valence-corrected chi connectivity index (χ2v) is 6.46. The molecule has 0 aliphatic heterocycles. The van der Waals surface area contributed by atoms with Crippen LogP contribution in [0.5, 0.6) is 0 Å². The first-order valence-corrected chi connectivity index (χ1v) is 8.86. The van der Waals surface area contributed by atoms with Crippen molar-refractivity contribution in [3.05, 3.63) is 10.4 Å². The number of carbonyl (C=O) groups excluding carboxylic acids is 1. The normalized spacial score (nSPS) is 14.6. The zero-order valence-corrected chi connectivity index (χ0v) is 14.2. The molecule has 0 saturated heterocycles. The Hall–Kier alpha value is -1.15. The van der Waals surface area contributed by atoms with Gasteiger partial charge in [0.2, 0.25) is 5.91 Å². The Kier molecular flexibility index (Phi) is 12.6. The lowest BCUT2D eigenvalue weighted by Gasteiger charge is -2.16. The molecule has 0 aliphatic rings. The number of azide groups is 1. The van der Waals surface area contributed by atoms with Crippen molar-refractivity contribution in [3.63, 3.8) is 0 Å². The van der Waals surface area contributed by atoms with Crippen molar-refractivity contribution in [2.45, 2.75) is 32.1 Å². The Labute approximate surface area is 135 Å². The summed E-state index contributed by atoms with van der Waals surface area (Å²) < 4.78 is 20.1. The van der Waals surface area contributed by atoms with Crippen LogP contribution >= 0.6 is 7.82 Å². The molecule has 0 aliphatic carbocycles. The Morgan fingerprint density at radius 3 is 2.78 bits per heavy atom. The maximum absolute atomic E-state index is 11.4. The molecule has 11 heteroatoms. The van der Waals surface area contributed by atoms with Gasteiger partial charge in [0, 0.05) is 44.1 Å². The van der Waals surface area contributed by atoms with E-state index in [1.807, 2.05) is 0 Å². The summed E-state index contributed by atoms with van der Waals surface area (Å²) in [4.78, 5) is 23.1. The van der Waals surface area contributed by atoms with Gasteiger partial charge in [-0.1, -0.05) is 11.5 Å². The van der Waals surface area contributed by atoms with Crippen LogP contribution in [-0.2, 0) is 18.4 Å². The fourth-order valence-electron chi connectivity index (χ4n) is 1.71. The number of hydrogen-bond acceptors (Lipinski definition) is 6. The van der Waals surface area contributed by atoms with Crippen LogP contribution < -0.4 is 5.32 Å². The molecule has 10 nitrogen and oxygen atoms in total. The van der Waals surface area contributed by atoms with Gasteiger partial charge in [-0.3, -0.25) is 13.8 Å². The first-order valence-electron chi connectivity index (χ1n) is 7.36. The van der Waals surface area contributed by atoms with E-state index in [0.717, 1.165) is 20.0 Å². The first-order chi connectivity index (χ1) is 10.9. The molecule has 0 spiro atoms. The molecule has 0 rings (SSSR count). The lowest BCUT2D eigenvalue weighted by Crippen LogP contribution is -2.24. The number of nitrogens with one attached hydrogen (secondary N) is 1. The summed E-state index contributed by atoms with van der Waals surface area (Å²) in [6, 6.07) is 0. The summed E-state index contributed by atoms with van der Waals surface area (Å²) in [7, 11) is -2.94. The molecule has 23 heavy (non-hydrogen) atoms. The largest absolute Gasteiger partial charge is 0.471 e. The van der Waals surface area contributed by atoms with Gasteiger partial charge in [-0.05, 0) is 24.8 Å². The van der Waals surface area contributed by atoms with Crippen molar-refractivity contribution in [3.8, 4) is 0 Å². The molecule has 0 saturated carbocycles. The highest BCUT2D eigenvalue weighted by Gasteiger charge is 2.20. The Balaban J connectivity index is 3.69. The molecular weight excluding hydrogens is 327 g/mol. The van der Waals surface area contributed by atoms with Crippen LogP contribution in [0.4, 0.5) is 0 Å². The maximum Gasteiger partial charge on any atom is 0.471 e. The molecule has 0 radical (unpaired) electrons. The highest BCUT2D eigenvalue weighted by molar-refractivity contribution is 7.47. The van der Waals surface area contributed by atoms with Gasteiger partial charge in [-0.15, -0.1) is 0 Å². The van der Waals surface area contributed by atoms with Crippen molar-refractivity contribution in [2.24, 2.45) is 11.0 Å². The zero-order chi connectivity index (χ0) is 17.6. The van der Waals surface area contributed by atoms with Crippen LogP contribution in [0.1, 0.15) is 32.1 Å². The van der Waals surface area contributed by atoms with Crippen molar-refractivity contribution in [1.82, 2.24) is 5.32 Å². The van der Waals surface area contributed by atoms with Crippen molar-refractivity contribution in [2.75, 3.05) is 33.4 Å². The van der Waals surface area contributed by atoms with Crippen molar-refractivity contribution in [1.29, 1.82) is 0 Å². The van der Waals surface area contributed by atoms with E-state index in [-0.39, 0.29) is 25.0 Å². The molecule has 134 valence electrons. The zero-order valence-electron chi connectivity index (χ0n) is 13.3. The van der Waals surface area contributed by atoms with Crippen LogP contribution in [0.15, 0.2) is 5.11 Å². The van der Waals surface area contributed by atoms with Gasteiger partial charge in [0.25, 0.3) is 0 Å². The minimum absolute atomic E-state index is 0.0656. The third-order valence-electron chi connectivity index (χ3n) is 3.05. The molecule has 2 atom stereocenters. The summed E-state index contributed by atoms with van der Waals surface area (Å²) in [5, 5.41) is 15.3. The number of phosphoric ester groups is 1. The Morgan fingerprint density at radius 2 is 2.17 bits per heavy atom. The first kappa shape index (κ1) is 21.9. The van der Waals surface area contributed by atoms with Crippen LogP contribution in [0, 0.1) is 5.92 Å². The number of amides is 1. The van der Waals surface area contributed by atoms with Gasteiger partial charge in [-0.2, -0.15) is 0 Å². The predicted molar refractivity (Wildman–Crippen MR) is 83.5 cm³/mol. The molecule has 3 N–H and O–H groups in total.